The number of hydrogen-bond donors (Lipinski definition) is 4. The maximum absolute atomic E-state index is 12.7. The van der Waals surface area contributed by atoms with Crippen LogP contribution in [0.1, 0.15) is 24.9 Å². The van der Waals surface area contributed by atoms with Crippen LogP contribution in [-0.4, -0.2) is 38.2 Å². The molecule has 4 atom stereocenters. The number of benzene rings is 1. The summed E-state index contributed by atoms with van der Waals surface area (Å²) in [6, 6.07) is 6.34. The van der Waals surface area contributed by atoms with Crippen LogP contribution in [0.4, 0.5) is 8.78 Å². The Bertz CT molecular complexity index is 602. The van der Waals surface area contributed by atoms with Crippen LogP contribution in [0.5, 0.6) is 5.75 Å². The SMILES string of the molecule is CC1CNCCC1NC(=O)C1CNNC1c1cccc(OC(F)F)c1. The van der Waals surface area contributed by atoms with Crippen molar-refractivity contribution in [2.75, 3.05) is 19.6 Å². The van der Waals surface area contributed by atoms with Gasteiger partial charge in [-0.1, -0.05) is 19.1 Å². The van der Waals surface area contributed by atoms with E-state index >= 15 is 0 Å². The predicted molar refractivity (Wildman–Crippen MR) is 89.0 cm³/mol. The second-order valence-electron chi connectivity index (χ2n) is 6.65. The molecule has 0 spiro atoms. The first-order valence-corrected chi connectivity index (χ1v) is 8.59. The zero-order valence-corrected chi connectivity index (χ0v) is 14.1. The summed E-state index contributed by atoms with van der Waals surface area (Å²) in [6.45, 7) is 1.52. The second-order valence-corrected chi connectivity index (χ2v) is 6.65. The number of hydrazine groups is 1. The average Bonchev–Trinajstić information content (AvgIpc) is 3.06. The normalized spacial score (nSPS) is 29.6. The lowest BCUT2D eigenvalue weighted by molar-refractivity contribution is -0.126. The molecule has 3 rings (SSSR count). The lowest BCUT2D eigenvalue weighted by atomic mass is 9.91. The highest BCUT2D eigenvalue weighted by molar-refractivity contribution is 5.80. The summed E-state index contributed by atoms with van der Waals surface area (Å²) >= 11 is 0. The van der Waals surface area contributed by atoms with E-state index in [-0.39, 0.29) is 29.7 Å². The summed E-state index contributed by atoms with van der Waals surface area (Å²) in [6.07, 6.45) is 0.906. The van der Waals surface area contributed by atoms with Crippen molar-refractivity contribution in [3.05, 3.63) is 29.8 Å². The zero-order chi connectivity index (χ0) is 17.8. The van der Waals surface area contributed by atoms with Gasteiger partial charge in [-0.2, -0.15) is 8.78 Å². The maximum atomic E-state index is 12.7. The van der Waals surface area contributed by atoms with Crippen molar-refractivity contribution < 1.29 is 18.3 Å². The molecular weight excluding hydrogens is 330 g/mol. The average molecular weight is 354 g/mol. The van der Waals surface area contributed by atoms with Crippen LogP contribution in [0.15, 0.2) is 24.3 Å². The number of halogens is 2. The molecule has 1 aromatic rings. The van der Waals surface area contributed by atoms with Crippen molar-refractivity contribution >= 4 is 5.91 Å². The first kappa shape index (κ1) is 18.0. The number of alkyl halides is 2. The number of piperidine rings is 1. The van der Waals surface area contributed by atoms with Gasteiger partial charge in [0.1, 0.15) is 5.75 Å². The van der Waals surface area contributed by atoms with E-state index in [1.807, 2.05) is 0 Å². The molecule has 1 aromatic carbocycles. The summed E-state index contributed by atoms with van der Waals surface area (Å²) in [4.78, 5) is 12.7. The summed E-state index contributed by atoms with van der Waals surface area (Å²) in [5.74, 6) is 0.124. The van der Waals surface area contributed by atoms with Crippen molar-refractivity contribution in [1.82, 2.24) is 21.5 Å². The van der Waals surface area contributed by atoms with E-state index in [0.717, 1.165) is 25.1 Å². The molecule has 2 fully saturated rings. The van der Waals surface area contributed by atoms with Gasteiger partial charge in [0.25, 0.3) is 0 Å². The van der Waals surface area contributed by atoms with Crippen molar-refractivity contribution in [2.24, 2.45) is 11.8 Å². The predicted octanol–water partition coefficient (Wildman–Crippen LogP) is 1.17. The second kappa shape index (κ2) is 8.07. The Balaban J connectivity index is 1.68. The molecule has 2 aliphatic heterocycles. The van der Waals surface area contributed by atoms with Crippen LogP contribution in [0.3, 0.4) is 0 Å². The summed E-state index contributed by atoms with van der Waals surface area (Å²) in [7, 11) is 0. The van der Waals surface area contributed by atoms with E-state index in [2.05, 4.69) is 33.1 Å². The minimum Gasteiger partial charge on any atom is -0.435 e. The van der Waals surface area contributed by atoms with Gasteiger partial charge in [0.2, 0.25) is 5.91 Å². The van der Waals surface area contributed by atoms with Crippen molar-refractivity contribution in [2.45, 2.75) is 32.0 Å². The third-order valence-electron chi connectivity index (χ3n) is 4.87. The van der Waals surface area contributed by atoms with Crippen LogP contribution in [-0.2, 0) is 4.79 Å². The lowest BCUT2D eigenvalue weighted by Crippen LogP contribution is -2.50. The van der Waals surface area contributed by atoms with Gasteiger partial charge in [-0.3, -0.25) is 10.2 Å². The summed E-state index contributed by atoms with van der Waals surface area (Å²) in [5, 5.41) is 6.46. The quantitative estimate of drug-likeness (QED) is 0.639. The monoisotopic (exact) mass is 354 g/mol. The molecule has 0 aliphatic carbocycles. The molecular formula is C17H24F2N4O2. The third-order valence-corrected chi connectivity index (χ3v) is 4.87. The Kier molecular flexibility index (Phi) is 5.82. The Morgan fingerprint density at radius 1 is 1.36 bits per heavy atom. The molecule has 4 unspecified atom stereocenters. The summed E-state index contributed by atoms with van der Waals surface area (Å²) < 4.78 is 29.3. The molecule has 0 saturated carbocycles. The van der Waals surface area contributed by atoms with E-state index in [4.69, 9.17) is 0 Å². The smallest absolute Gasteiger partial charge is 0.387 e. The first-order valence-electron chi connectivity index (χ1n) is 8.59. The number of ether oxygens (including phenoxy) is 1. The van der Waals surface area contributed by atoms with Crippen LogP contribution in [0.25, 0.3) is 0 Å². The van der Waals surface area contributed by atoms with Gasteiger partial charge in [0, 0.05) is 12.6 Å². The van der Waals surface area contributed by atoms with E-state index in [9.17, 15) is 13.6 Å². The topological polar surface area (TPSA) is 74.4 Å². The number of hydrogen-bond acceptors (Lipinski definition) is 5. The van der Waals surface area contributed by atoms with Gasteiger partial charge in [-0.05, 0) is 43.1 Å². The Labute approximate surface area is 145 Å². The minimum absolute atomic E-state index is 0.0265. The van der Waals surface area contributed by atoms with Crippen molar-refractivity contribution in [3.63, 3.8) is 0 Å². The minimum atomic E-state index is -2.87. The van der Waals surface area contributed by atoms with Crippen LogP contribution >= 0.6 is 0 Å². The number of amides is 1. The largest absolute Gasteiger partial charge is 0.435 e. The summed E-state index contributed by atoms with van der Waals surface area (Å²) in [5.41, 5.74) is 6.80. The highest BCUT2D eigenvalue weighted by Gasteiger charge is 2.36. The number of carbonyl (C=O) groups is 1. The molecule has 0 aromatic heterocycles. The third kappa shape index (κ3) is 4.45. The Hall–Kier alpha value is -1.77. The van der Waals surface area contributed by atoms with Crippen LogP contribution in [0.2, 0.25) is 0 Å². The molecule has 138 valence electrons. The van der Waals surface area contributed by atoms with Gasteiger partial charge in [-0.25, -0.2) is 5.43 Å². The van der Waals surface area contributed by atoms with Gasteiger partial charge >= 0.3 is 6.61 Å². The van der Waals surface area contributed by atoms with Gasteiger partial charge in [0.15, 0.2) is 0 Å². The molecule has 4 N–H and O–H groups in total. The molecule has 25 heavy (non-hydrogen) atoms. The van der Waals surface area contributed by atoms with Crippen molar-refractivity contribution in [3.8, 4) is 5.75 Å². The standard InChI is InChI=1S/C17H24F2N4O2/c1-10-8-20-6-5-14(10)22-16(24)13-9-21-23-15(13)11-3-2-4-12(7-11)25-17(18)19/h2-4,7,10,13-15,17,20-21,23H,5-6,8-9H2,1H3,(H,22,24). The van der Waals surface area contributed by atoms with E-state index in [1.165, 1.54) is 6.07 Å². The fourth-order valence-corrected chi connectivity index (χ4v) is 3.46. The molecule has 2 saturated heterocycles. The molecule has 6 nitrogen and oxygen atoms in total. The highest BCUT2D eigenvalue weighted by atomic mass is 19.3. The Morgan fingerprint density at radius 2 is 2.20 bits per heavy atom. The van der Waals surface area contributed by atoms with E-state index in [1.54, 1.807) is 18.2 Å². The Morgan fingerprint density at radius 3 is 2.96 bits per heavy atom. The molecule has 1 amide bonds. The fraction of sp³-hybridized carbons (Fsp3) is 0.588. The van der Waals surface area contributed by atoms with Crippen LogP contribution < -0.4 is 26.2 Å². The zero-order valence-electron chi connectivity index (χ0n) is 14.1. The lowest BCUT2D eigenvalue weighted by Gasteiger charge is -2.31. The molecule has 0 bridgehead atoms. The molecule has 2 heterocycles. The number of nitrogens with one attached hydrogen (secondary N) is 4. The van der Waals surface area contributed by atoms with Crippen molar-refractivity contribution in [1.29, 1.82) is 0 Å². The van der Waals surface area contributed by atoms with E-state index < -0.39 is 6.61 Å². The van der Waals surface area contributed by atoms with E-state index in [0.29, 0.717) is 12.5 Å². The van der Waals surface area contributed by atoms with Gasteiger partial charge in [-0.15, -0.1) is 0 Å². The first-order chi connectivity index (χ1) is 12.0. The van der Waals surface area contributed by atoms with Gasteiger partial charge in [0.05, 0.1) is 12.0 Å². The number of rotatable bonds is 5. The fourth-order valence-electron chi connectivity index (χ4n) is 3.46. The van der Waals surface area contributed by atoms with Gasteiger partial charge < -0.3 is 15.4 Å². The maximum Gasteiger partial charge on any atom is 0.387 e. The molecule has 0 radical (unpaired) electrons. The number of carbonyl (C=O) groups excluding carboxylic acids is 1. The molecule has 2 aliphatic rings. The molecule has 8 heteroatoms. The highest BCUT2D eigenvalue weighted by Crippen LogP contribution is 2.28. The van der Waals surface area contributed by atoms with Crippen LogP contribution in [0, 0.1) is 11.8 Å².